The van der Waals surface area contributed by atoms with Crippen LogP contribution in [0.25, 0.3) is 0 Å². The van der Waals surface area contributed by atoms with Crippen LogP contribution in [0.15, 0.2) is 17.0 Å². The number of hydrogen-bond donors (Lipinski definition) is 1. The lowest BCUT2D eigenvalue weighted by molar-refractivity contribution is 0.337. The molecule has 0 spiro atoms. The lowest BCUT2D eigenvalue weighted by Crippen LogP contribution is -2.38. The third kappa shape index (κ3) is 3.38. The maximum Gasteiger partial charge on any atom is 0.248 e. The fourth-order valence-electron chi connectivity index (χ4n) is 2.48. The zero-order valence-corrected chi connectivity index (χ0v) is 12.4. The van der Waals surface area contributed by atoms with Gasteiger partial charge in [0.25, 0.3) is 0 Å². The fourth-order valence-corrected chi connectivity index (χ4v) is 3.98. The van der Waals surface area contributed by atoms with Crippen molar-refractivity contribution in [3.05, 3.63) is 29.6 Å². The highest BCUT2D eigenvalue weighted by atomic mass is 32.2. The Hall–Kier alpha value is -1.12. The Morgan fingerprint density at radius 1 is 1.14 bits per heavy atom. The van der Waals surface area contributed by atoms with Crippen LogP contribution in [-0.4, -0.2) is 38.9 Å². The van der Waals surface area contributed by atoms with E-state index < -0.39 is 32.4 Å². The molecule has 1 aromatic rings. The van der Waals surface area contributed by atoms with Crippen LogP contribution >= 0.6 is 0 Å². The molecule has 0 saturated carbocycles. The van der Waals surface area contributed by atoms with Gasteiger partial charge in [0, 0.05) is 25.2 Å². The summed E-state index contributed by atoms with van der Waals surface area (Å²) in [6, 6.07) is 0.408. The molecule has 1 aliphatic rings. The van der Waals surface area contributed by atoms with Crippen LogP contribution in [0.1, 0.15) is 19.3 Å². The predicted molar refractivity (Wildman–Crippen MR) is 71.8 cm³/mol. The van der Waals surface area contributed by atoms with E-state index in [-0.39, 0.29) is 6.04 Å². The number of nitrogens with zero attached hydrogens (tertiary/aromatic N) is 1. The van der Waals surface area contributed by atoms with E-state index in [4.69, 9.17) is 0 Å². The maximum atomic E-state index is 13.7. The van der Waals surface area contributed by atoms with Crippen molar-refractivity contribution in [2.45, 2.75) is 30.2 Å². The Labute approximate surface area is 122 Å². The molecule has 21 heavy (non-hydrogen) atoms. The van der Waals surface area contributed by atoms with Crippen molar-refractivity contribution in [2.24, 2.45) is 0 Å². The molecule has 0 aliphatic carbocycles. The van der Waals surface area contributed by atoms with Gasteiger partial charge < -0.3 is 5.32 Å². The van der Waals surface area contributed by atoms with E-state index in [0.29, 0.717) is 31.5 Å². The van der Waals surface area contributed by atoms with Crippen molar-refractivity contribution in [1.29, 1.82) is 0 Å². The van der Waals surface area contributed by atoms with E-state index in [1.54, 1.807) is 0 Å². The number of sulfonamides is 1. The summed E-state index contributed by atoms with van der Waals surface area (Å²) in [5.41, 5.74) is 0. The second-order valence-corrected chi connectivity index (χ2v) is 6.99. The number of nitrogens with one attached hydrogen (secondary N) is 1. The smallest absolute Gasteiger partial charge is 0.248 e. The Morgan fingerprint density at radius 3 is 2.38 bits per heavy atom. The zero-order chi connectivity index (χ0) is 15.6. The normalized spacial score (nSPS) is 20.5. The van der Waals surface area contributed by atoms with Crippen molar-refractivity contribution in [3.8, 4) is 0 Å². The molecule has 2 rings (SSSR count). The van der Waals surface area contributed by atoms with Crippen molar-refractivity contribution in [1.82, 2.24) is 9.62 Å². The van der Waals surface area contributed by atoms with E-state index >= 15 is 0 Å². The van der Waals surface area contributed by atoms with Crippen LogP contribution in [0.4, 0.5) is 13.2 Å². The minimum atomic E-state index is -4.34. The summed E-state index contributed by atoms with van der Waals surface area (Å²) in [7, 11) is -3.04. The summed E-state index contributed by atoms with van der Waals surface area (Å²) in [5.74, 6) is -3.97. The van der Waals surface area contributed by atoms with Crippen LogP contribution in [0.3, 0.4) is 0 Å². The van der Waals surface area contributed by atoms with E-state index in [2.05, 4.69) is 5.32 Å². The summed E-state index contributed by atoms with van der Waals surface area (Å²) in [4.78, 5) is -1.09. The van der Waals surface area contributed by atoms with Gasteiger partial charge in [-0.25, -0.2) is 21.6 Å². The van der Waals surface area contributed by atoms with Gasteiger partial charge in [-0.2, -0.15) is 4.31 Å². The highest BCUT2D eigenvalue weighted by molar-refractivity contribution is 7.89. The molecule has 0 radical (unpaired) electrons. The lowest BCUT2D eigenvalue weighted by atomic mass is 10.1. The molecule has 1 heterocycles. The van der Waals surface area contributed by atoms with Crippen LogP contribution in [0.5, 0.6) is 0 Å². The van der Waals surface area contributed by atoms with Gasteiger partial charge in [-0.1, -0.05) is 0 Å². The molecule has 0 bridgehead atoms. The van der Waals surface area contributed by atoms with Crippen molar-refractivity contribution < 1.29 is 21.6 Å². The molecular weight excluding hydrogens is 305 g/mol. The summed E-state index contributed by atoms with van der Waals surface area (Å²) >= 11 is 0. The molecule has 1 aliphatic heterocycles. The Kier molecular flexibility index (Phi) is 4.90. The molecule has 0 aromatic heterocycles. The highest BCUT2D eigenvalue weighted by Gasteiger charge is 2.33. The van der Waals surface area contributed by atoms with E-state index in [1.807, 2.05) is 0 Å². The lowest BCUT2D eigenvalue weighted by Gasteiger charge is -2.26. The Bertz CT molecular complexity index is 591. The zero-order valence-electron chi connectivity index (χ0n) is 11.6. The molecule has 1 saturated heterocycles. The minimum absolute atomic E-state index is 0.339. The van der Waals surface area contributed by atoms with Gasteiger partial charge in [0.15, 0.2) is 4.90 Å². The van der Waals surface area contributed by atoms with Crippen molar-refractivity contribution >= 4 is 10.0 Å². The number of rotatable bonds is 3. The standard InChI is InChI=1S/C13H17F3N2O2S/c1-18(10-3-2-5-17-6-4-10)21(19,20)13-11(15)7-9(14)8-12(13)16/h7-8,10,17H,2-6H2,1H3. The van der Waals surface area contributed by atoms with Gasteiger partial charge in [0.2, 0.25) is 10.0 Å². The second kappa shape index (κ2) is 6.33. The maximum absolute atomic E-state index is 13.7. The molecule has 4 nitrogen and oxygen atoms in total. The monoisotopic (exact) mass is 322 g/mol. The summed E-state index contributed by atoms with van der Waals surface area (Å²) in [6.45, 7) is 1.42. The van der Waals surface area contributed by atoms with Crippen molar-refractivity contribution in [2.75, 3.05) is 20.1 Å². The first-order valence-corrected chi connectivity index (χ1v) is 8.11. The molecule has 0 amide bonds. The quantitative estimate of drug-likeness (QED) is 0.924. The number of hydrogen-bond acceptors (Lipinski definition) is 3. The first-order chi connectivity index (χ1) is 9.84. The van der Waals surface area contributed by atoms with E-state index in [0.717, 1.165) is 17.3 Å². The Balaban J connectivity index is 2.37. The SMILES string of the molecule is CN(C1CCCNCC1)S(=O)(=O)c1c(F)cc(F)cc1F. The van der Waals surface area contributed by atoms with E-state index in [9.17, 15) is 21.6 Å². The predicted octanol–water partition coefficient (Wildman–Crippen LogP) is 1.87. The average molecular weight is 322 g/mol. The van der Waals surface area contributed by atoms with Gasteiger partial charge in [-0.15, -0.1) is 0 Å². The molecular formula is C13H17F3N2O2S. The number of benzene rings is 1. The number of halogens is 3. The van der Waals surface area contributed by atoms with Crippen LogP contribution in [0.2, 0.25) is 0 Å². The molecule has 1 aromatic carbocycles. The fraction of sp³-hybridized carbons (Fsp3) is 0.538. The van der Waals surface area contributed by atoms with E-state index in [1.165, 1.54) is 7.05 Å². The molecule has 1 fully saturated rings. The minimum Gasteiger partial charge on any atom is -0.317 e. The average Bonchev–Trinajstić information content (AvgIpc) is 2.64. The first-order valence-electron chi connectivity index (χ1n) is 6.67. The summed E-state index contributed by atoms with van der Waals surface area (Å²) in [5, 5.41) is 3.13. The second-order valence-electron chi connectivity index (χ2n) is 5.05. The molecule has 8 heteroatoms. The summed E-state index contributed by atoms with van der Waals surface area (Å²) < 4.78 is 66.1. The Morgan fingerprint density at radius 2 is 1.76 bits per heavy atom. The van der Waals surface area contributed by atoms with Crippen LogP contribution < -0.4 is 5.32 Å². The van der Waals surface area contributed by atoms with Gasteiger partial charge in [0.05, 0.1) is 0 Å². The highest BCUT2D eigenvalue weighted by Crippen LogP contribution is 2.26. The van der Waals surface area contributed by atoms with Crippen molar-refractivity contribution in [3.63, 3.8) is 0 Å². The molecule has 118 valence electrons. The van der Waals surface area contributed by atoms with Crippen LogP contribution in [0, 0.1) is 17.5 Å². The van der Waals surface area contributed by atoms with Crippen LogP contribution in [-0.2, 0) is 10.0 Å². The molecule has 1 N–H and O–H groups in total. The largest absolute Gasteiger partial charge is 0.317 e. The van der Waals surface area contributed by atoms with Gasteiger partial charge in [-0.05, 0) is 32.4 Å². The topological polar surface area (TPSA) is 49.4 Å². The molecule has 1 atom stereocenters. The third-order valence-electron chi connectivity index (χ3n) is 3.66. The van der Waals surface area contributed by atoms with Gasteiger partial charge in [0.1, 0.15) is 17.5 Å². The van der Waals surface area contributed by atoms with Gasteiger partial charge in [-0.3, -0.25) is 0 Å². The third-order valence-corrected chi connectivity index (χ3v) is 5.62. The first kappa shape index (κ1) is 16.3. The van der Waals surface area contributed by atoms with Gasteiger partial charge >= 0.3 is 0 Å². The summed E-state index contributed by atoms with van der Waals surface area (Å²) in [6.07, 6.45) is 1.94. The molecule has 1 unspecified atom stereocenters.